The fourth-order valence-corrected chi connectivity index (χ4v) is 1.88. The fourth-order valence-electron chi connectivity index (χ4n) is 1.88. The van der Waals surface area contributed by atoms with Crippen LogP contribution in [0, 0.1) is 5.92 Å². The largest absolute Gasteiger partial charge is 0.465 e. The van der Waals surface area contributed by atoms with Crippen LogP contribution in [0.5, 0.6) is 0 Å². The molecule has 3 heteroatoms. The van der Waals surface area contributed by atoms with Crippen molar-refractivity contribution in [2.24, 2.45) is 11.7 Å². The van der Waals surface area contributed by atoms with Crippen LogP contribution in [0.1, 0.15) is 44.9 Å². The number of esters is 1. The van der Waals surface area contributed by atoms with E-state index < -0.39 is 0 Å². The summed E-state index contributed by atoms with van der Waals surface area (Å²) in [5, 5.41) is 0. The summed E-state index contributed by atoms with van der Waals surface area (Å²) in [7, 11) is 0. The fraction of sp³-hybridized carbons (Fsp3) is 0.909. The minimum Gasteiger partial charge on any atom is -0.465 e. The number of rotatable bonds is 5. The maximum Gasteiger partial charge on any atom is 0.305 e. The van der Waals surface area contributed by atoms with E-state index in [1.165, 1.54) is 32.1 Å². The number of carbonyl (C=O) groups is 1. The summed E-state index contributed by atoms with van der Waals surface area (Å²) in [5.41, 5.74) is 5.31. The van der Waals surface area contributed by atoms with Gasteiger partial charge in [0, 0.05) is 6.42 Å². The molecule has 0 aromatic carbocycles. The molecule has 0 aliphatic heterocycles. The van der Waals surface area contributed by atoms with Crippen LogP contribution in [0.15, 0.2) is 0 Å². The van der Waals surface area contributed by atoms with Gasteiger partial charge in [-0.05, 0) is 31.7 Å². The molecule has 0 aromatic heterocycles. The maximum absolute atomic E-state index is 11.2. The molecular formula is C11H21NO2. The number of hydrogen-bond acceptors (Lipinski definition) is 3. The quantitative estimate of drug-likeness (QED) is 0.687. The lowest BCUT2D eigenvalue weighted by Gasteiger charge is -2.20. The molecule has 1 saturated carbocycles. The van der Waals surface area contributed by atoms with Gasteiger partial charge in [-0.25, -0.2) is 0 Å². The summed E-state index contributed by atoms with van der Waals surface area (Å²) in [5.74, 6) is 0.534. The summed E-state index contributed by atoms with van der Waals surface area (Å²) in [6.07, 6.45) is 7.61. The van der Waals surface area contributed by atoms with Gasteiger partial charge >= 0.3 is 5.97 Å². The lowest BCUT2D eigenvalue weighted by atomic mass is 9.90. The summed E-state index contributed by atoms with van der Waals surface area (Å²) in [6.45, 7) is 1.20. The van der Waals surface area contributed by atoms with Gasteiger partial charge in [0.1, 0.15) is 0 Å². The van der Waals surface area contributed by atoms with E-state index in [-0.39, 0.29) is 5.97 Å². The molecule has 0 amide bonds. The highest BCUT2D eigenvalue weighted by Crippen LogP contribution is 2.23. The van der Waals surface area contributed by atoms with Gasteiger partial charge in [0.2, 0.25) is 0 Å². The molecule has 0 atom stereocenters. The van der Waals surface area contributed by atoms with Crippen LogP contribution in [-0.4, -0.2) is 19.1 Å². The average Bonchev–Trinajstić information content (AvgIpc) is 2.25. The molecule has 1 aliphatic rings. The number of hydrogen-bond donors (Lipinski definition) is 1. The van der Waals surface area contributed by atoms with E-state index in [4.69, 9.17) is 10.5 Å². The standard InChI is InChI=1S/C11H21NO2/c12-8-4-7-11(13)14-9-10-5-2-1-3-6-10/h10H,1-9,12H2. The third kappa shape index (κ3) is 4.61. The van der Waals surface area contributed by atoms with Crippen molar-refractivity contribution in [1.82, 2.24) is 0 Å². The van der Waals surface area contributed by atoms with Gasteiger partial charge in [0.25, 0.3) is 0 Å². The molecule has 1 fully saturated rings. The van der Waals surface area contributed by atoms with Crippen LogP contribution in [0.2, 0.25) is 0 Å². The summed E-state index contributed by atoms with van der Waals surface area (Å²) in [6, 6.07) is 0. The number of ether oxygens (including phenoxy) is 1. The van der Waals surface area contributed by atoms with Crippen LogP contribution in [0.4, 0.5) is 0 Å². The molecule has 0 saturated heterocycles. The van der Waals surface area contributed by atoms with Crippen LogP contribution in [0.3, 0.4) is 0 Å². The number of carbonyl (C=O) groups excluding carboxylic acids is 1. The van der Waals surface area contributed by atoms with Crippen molar-refractivity contribution in [2.45, 2.75) is 44.9 Å². The minimum absolute atomic E-state index is 0.0824. The first-order valence-corrected chi connectivity index (χ1v) is 5.68. The highest BCUT2D eigenvalue weighted by Gasteiger charge is 2.15. The second-order valence-electron chi connectivity index (χ2n) is 4.08. The Bertz CT molecular complexity index is 165. The Balaban J connectivity index is 2.03. The van der Waals surface area contributed by atoms with Crippen molar-refractivity contribution < 1.29 is 9.53 Å². The molecule has 0 aromatic rings. The SMILES string of the molecule is NCCCC(=O)OCC1CCCCC1. The summed E-state index contributed by atoms with van der Waals surface area (Å²) in [4.78, 5) is 11.2. The summed E-state index contributed by atoms with van der Waals surface area (Å²) < 4.78 is 5.19. The van der Waals surface area contributed by atoms with Crippen LogP contribution in [-0.2, 0) is 9.53 Å². The van der Waals surface area contributed by atoms with Crippen molar-refractivity contribution in [3.8, 4) is 0 Å². The number of nitrogens with two attached hydrogens (primary N) is 1. The first-order valence-electron chi connectivity index (χ1n) is 5.68. The monoisotopic (exact) mass is 199 g/mol. The predicted molar refractivity (Wildman–Crippen MR) is 55.8 cm³/mol. The van der Waals surface area contributed by atoms with Crippen molar-refractivity contribution in [1.29, 1.82) is 0 Å². The Morgan fingerprint density at radius 1 is 1.29 bits per heavy atom. The van der Waals surface area contributed by atoms with E-state index in [9.17, 15) is 4.79 Å². The van der Waals surface area contributed by atoms with Crippen molar-refractivity contribution in [3.05, 3.63) is 0 Å². The van der Waals surface area contributed by atoms with E-state index in [2.05, 4.69) is 0 Å². The maximum atomic E-state index is 11.2. The molecule has 0 bridgehead atoms. The third-order valence-corrected chi connectivity index (χ3v) is 2.79. The molecule has 0 unspecified atom stereocenters. The Morgan fingerprint density at radius 2 is 2.00 bits per heavy atom. The first-order chi connectivity index (χ1) is 6.83. The van der Waals surface area contributed by atoms with E-state index in [0.29, 0.717) is 25.5 Å². The normalized spacial score (nSPS) is 18.1. The highest BCUT2D eigenvalue weighted by atomic mass is 16.5. The molecule has 1 rings (SSSR count). The lowest BCUT2D eigenvalue weighted by molar-refractivity contribution is -0.145. The zero-order chi connectivity index (χ0) is 10.2. The molecule has 0 radical (unpaired) electrons. The second-order valence-corrected chi connectivity index (χ2v) is 4.08. The second kappa shape index (κ2) is 6.82. The van der Waals surface area contributed by atoms with Crippen LogP contribution in [0.25, 0.3) is 0 Å². The van der Waals surface area contributed by atoms with Crippen molar-refractivity contribution in [2.75, 3.05) is 13.2 Å². The zero-order valence-electron chi connectivity index (χ0n) is 8.84. The predicted octanol–water partition coefficient (Wildman–Crippen LogP) is 1.85. The van der Waals surface area contributed by atoms with Gasteiger partial charge in [0.15, 0.2) is 0 Å². The van der Waals surface area contributed by atoms with Crippen molar-refractivity contribution in [3.63, 3.8) is 0 Å². The van der Waals surface area contributed by atoms with E-state index in [1.54, 1.807) is 0 Å². The Kier molecular flexibility index (Phi) is 5.60. The highest BCUT2D eigenvalue weighted by molar-refractivity contribution is 5.69. The van der Waals surface area contributed by atoms with Gasteiger partial charge in [-0.1, -0.05) is 19.3 Å². The first kappa shape index (κ1) is 11.5. The molecular weight excluding hydrogens is 178 g/mol. The average molecular weight is 199 g/mol. The Labute approximate surface area is 86.0 Å². The molecule has 0 heterocycles. The molecule has 82 valence electrons. The minimum atomic E-state index is -0.0824. The molecule has 1 aliphatic carbocycles. The van der Waals surface area contributed by atoms with Crippen molar-refractivity contribution >= 4 is 5.97 Å². The molecule has 2 N–H and O–H groups in total. The van der Waals surface area contributed by atoms with Gasteiger partial charge in [-0.3, -0.25) is 4.79 Å². The lowest BCUT2D eigenvalue weighted by Crippen LogP contribution is -2.17. The van der Waals surface area contributed by atoms with Gasteiger partial charge in [-0.2, -0.15) is 0 Å². The van der Waals surface area contributed by atoms with Gasteiger partial charge < -0.3 is 10.5 Å². The Morgan fingerprint density at radius 3 is 2.64 bits per heavy atom. The third-order valence-electron chi connectivity index (χ3n) is 2.79. The van der Waals surface area contributed by atoms with Gasteiger partial charge in [-0.15, -0.1) is 0 Å². The molecule has 0 spiro atoms. The van der Waals surface area contributed by atoms with Crippen LogP contribution >= 0.6 is 0 Å². The molecule has 3 nitrogen and oxygen atoms in total. The van der Waals surface area contributed by atoms with E-state index >= 15 is 0 Å². The Hall–Kier alpha value is -0.570. The molecule has 14 heavy (non-hydrogen) atoms. The van der Waals surface area contributed by atoms with Crippen LogP contribution < -0.4 is 5.73 Å². The zero-order valence-corrected chi connectivity index (χ0v) is 8.84. The van der Waals surface area contributed by atoms with E-state index in [0.717, 1.165) is 6.42 Å². The van der Waals surface area contributed by atoms with Gasteiger partial charge in [0.05, 0.1) is 6.61 Å². The van der Waals surface area contributed by atoms with E-state index in [1.807, 2.05) is 0 Å². The smallest absolute Gasteiger partial charge is 0.305 e. The topological polar surface area (TPSA) is 52.3 Å². The summed E-state index contributed by atoms with van der Waals surface area (Å²) >= 11 is 0.